The lowest BCUT2D eigenvalue weighted by Crippen LogP contribution is -2.32. The number of rotatable bonds is 9. The molecule has 1 aromatic carbocycles. The van der Waals surface area contributed by atoms with Crippen LogP contribution in [0.1, 0.15) is 50.4 Å². The molecule has 2 aromatic heterocycles. The van der Waals surface area contributed by atoms with Gasteiger partial charge in [-0.3, -0.25) is 19.2 Å². The molecular weight excluding hydrogens is 378 g/mol. The summed E-state index contributed by atoms with van der Waals surface area (Å²) in [4.78, 5) is 34.6. The van der Waals surface area contributed by atoms with Crippen molar-refractivity contribution in [2.75, 3.05) is 6.54 Å². The monoisotopic (exact) mass is 409 g/mol. The third-order valence-corrected chi connectivity index (χ3v) is 6.20. The average Bonchev–Trinajstić information content (AvgIpc) is 3.01. The quantitative estimate of drug-likeness (QED) is 0.589. The topological polar surface area (TPSA) is 75.9 Å². The number of hydrogen-bond acceptors (Lipinski definition) is 4. The molecule has 0 amide bonds. The third-order valence-electron chi connectivity index (χ3n) is 6.20. The van der Waals surface area contributed by atoms with Gasteiger partial charge in [0, 0.05) is 26.7 Å². The van der Waals surface area contributed by atoms with Crippen molar-refractivity contribution in [3.8, 4) is 0 Å². The van der Waals surface area contributed by atoms with Crippen LogP contribution < -0.4 is 11.2 Å². The SMILES string of the molecule is CCCCn1c(=O)[nH]c(=O)c2c1nc(CN(Cc1ccccc1)CC1CCC1)n2C. The maximum atomic E-state index is 12.5. The Hall–Kier alpha value is -2.67. The van der Waals surface area contributed by atoms with E-state index in [0.29, 0.717) is 24.3 Å². The maximum absolute atomic E-state index is 12.5. The van der Waals surface area contributed by atoms with Crippen LogP contribution in [0.4, 0.5) is 0 Å². The molecule has 0 saturated heterocycles. The molecule has 7 heteroatoms. The second-order valence-corrected chi connectivity index (χ2v) is 8.48. The minimum atomic E-state index is -0.374. The van der Waals surface area contributed by atoms with Crippen LogP contribution in [-0.4, -0.2) is 30.5 Å². The van der Waals surface area contributed by atoms with Gasteiger partial charge in [0.25, 0.3) is 5.56 Å². The van der Waals surface area contributed by atoms with E-state index in [1.165, 1.54) is 24.8 Å². The standard InChI is InChI=1S/C23H31N5O2/c1-3-4-13-28-21-20(22(29)25-23(28)30)26(2)19(24-21)16-27(15-18-11-8-12-18)14-17-9-6-5-7-10-17/h5-7,9-10,18H,3-4,8,11-16H2,1-2H3,(H,25,29,30). The lowest BCUT2D eigenvalue weighted by Gasteiger charge is -2.32. The highest BCUT2D eigenvalue weighted by atomic mass is 16.2. The van der Waals surface area contributed by atoms with Crippen molar-refractivity contribution < 1.29 is 0 Å². The Kier molecular flexibility index (Phi) is 6.18. The van der Waals surface area contributed by atoms with Crippen molar-refractivity contribution in [1.29, 1.82) is 0 Å². The van der Waals surface area contributed by atoms with Crippen LogP contribution in [0.25, 0.3) is 11.2 Å². The number of hydrogen-bond donors (Lipinski definition) is 1. The van der Waals surface area contributed by atoms with Crippen LogP contribution in [0, 0.1) is 5.92 Å². The van der Waals surface area contributed by atoms with Crippen molar-refractivity contribution in [2.45, 2.75) is 58.7 Å². The molecule has 0 bridgehead atoms. The second-order valence-electron chi connectivity index (χ2n) is 8.48. The summed E-state index contributed by atoms with van der Waals surface area (Å²) in [6.07, 6.45) is 5.72. The number of nitrogens with zero attached hydrogens (tertiary/aromatic N) is 4. The Morgan fingerprint density at radius 2 is 1.93 bits per heavy atom. The minimum Gasteiger partial charge on any atom is -0.324 e. The third kappa shape index (κ3) is 4.26. The van der Waals surface area contributed by atoms with Crippen molar-refractivity contribution in [3.63, 3.8) is 0 Å². The van der Waals surface area contributed by atoms with Gasteiger partial charge in [-0.05, 0) is 30.7 Å². The molecule has 1 fully saturated rings. The molecule has 0 radical (unpaired) electrons. The van der Waals surface area contributed by atoms with E-state index >= 15 is 0 Å². The van der Waals surface area contributed by atoms with Crippen LogP contribution in [0.2, 0.25) is 0 Å². The highest BCUT2D eigenvalue weighted by molar-refractivity contribution is 5.70. The summed E-state index contributed by atoms with van der Waals surface area (Å²) >= 11 is 0. The molecule has 1 saturated carbocycles. The van der Waals surface area contributed by atoms with Crippen molar-refractivity contribution in [1.82, 2.24) is 24.0 Å². The van der Waals surface area contributed by atoms with Gasteiger partial charge in [-0.2, -0.15) is 0 Å². The minimum absolute atomic E-state index is 0.363. The second kappa shape index (κ2) is 9.00. The van der Waals surface area contributed by atoms with Gasteiger partial charge >= 0.3 is 5.69 Å². The number of aryl methyl sites for hydroxylation is 2. The van der Waals surface area contributed by atoms with Crippen LogP contribution in [-0.2, 0) is 26.7 Å². The van der Waals surface area contributed by atoms with Gasteiger partial charge in [0.15, 0.2) is 11.2 Å². The van der Waals surface area contributed by atoms with Gasteiger partial charge in [-0.1, -0.05) is 50.1 Å². The number of H-pyrrole nitrogens is 1. The van der Waals surface area contributed by atoms with E-state index in [9.17, 15) is 9.59 Å². The first-order valence-corrected chi connectivity index (χ1v) is 11.0. The van der Waals surface area contributed by atoms with E-state index in [0.717, 1.165) is 37.7 Å². The van der Waals surface area contributed by atoms with Gasteiger partial charge < -0.3 is 4.57 Å². The van der Waals surface area contributed by atoms with Gasteiger partial charge in [-0.15, -0.1) is 0 Å². The number of aromatic nitrogens is 4. The highest BCUT2D eigenvalue weighted by Crippen LogP contribution is 2.28. The Bertz CT molecular complexity index is 1110. The van der Waals surface area contributed by atoms with Crippen LogP contribution in [0.15, 0.2) is 39.9 Å². The van der Waals surface area contributed by atoms with Crippen LogP contribution in [0.3, 0.4) is 0 Å². The molecule has 3 aromatic rings. The molecule has 1 aliphatic carbocycles. The lowest BCUT2D eigenvalue weighted by molar-refractivity contribution is 0.161. The zero-order valence-corrected chi connectivity index (χ0v) is 17.9. The molecule has 7 nitrogen and oxygen atoms in total. The number of aromatic amines is 1. The molecule has 4 rings (SSSR count). The molecule has 0 unspecified atom stereocenters. The number of fused-ring (bicyclic) bond motifs is 1. The summed E-state index contributed by atoms with van der Waals surface area (Å²) in [5, 5.41) is 0. The predicted octanol–water partition coefficient (Wildman–Crippen LogP) is 3.03. The number of benzene rings is 1. The zero-order chi connectivity index (χ0) is 21.1. The van der Waals surface area contributed by atoms with Gasteiger partial charge in [0.2, 0.25) is 0 Å². The Morgan fingerprint density at radius 3 is 2.60 bits per heavy atom. The fraction of sp³-hybridized carbons (Fsp3) is 0.522. The maximum Gasteiger partial charge on any atom is 0.330 e. The first kappa shape index (κ1) is 20.6. The summed E-state index contributed by atoms with van der Waals surface area (Å²) < 4.78 is 3.46. The van der Waals surface area contributed by atoms with Gasteiger partial charge in [0.1, 0.15) is 5.82 Å². The fourth-order valence-corrected chi connectivity index (χ4v) is 4.22. The fourth-order valence-electron chi connectivity index (χ4n) is 4.22. The molecule has 30 heavy (non-hydrogen) atoms. The molecule has 160 valence electrons. The first-order chi connectivity index (χ1) is 14.6. The van der Waals surface area contributed by atoms with Crippen molar-refractivity contribution >= 4 is 11.2 Å². The number of nitrogens with one attached hydrogen (secondary N) is 1. The molecule has 1 N–H and O–H groups in total. The summed E-state index contributed by atoms with van der Waals surface area (Å²) in [5.74, 6) is 1.55. The summed E-state index contributed by atoms with van der Waals surface area (Å²) in [6.45, 7) is 5.17. The Balaban J connectivity index is 1.67. The van der Waals surface area contributed by atoms with Crippen molar-refractivity contribution in [3.05, 3.63) is 62.6 Å². The largest absolute Gasteiger partial charge is 0.330 e. The number of imidazole rings is 1. The van der Waals surface area contributed by atoms with Crippen LogP contribution >= 0.6 is 0 Å². The van der Waals surface area contributed by atoms with Gasteiger partial charge in [-0.25, -0.2) is 9.78 Å². The van der Waals surface area contributed by atoms with E-state index < -0.39 is 0 Å². The first-order valence-electron chi connectivity index (χ1n) is 11.0. The average molecular weight is 410 g/mol. The van der Waals surface area contributed by atoms with E-state index in [1.807, 2.05) is 17.7 Å². The molecule has 0 atom stereocenters. The van der Waals surface area contributed by atoms with E-state index in [4.69, 9.17) is 4.98 Å². The normalized spacial score (nSPS) is 14.5. The van der Waals surface area contributed by atoms with Crippen LogP contribution in [0.5, 0.6) is 0 Å². The highest BCUT2D eigenvalue weighted by Gasteiger charge is 2.23. The molecular formula is C23H31N5O2. The van der Waals surface area contributed by atoms with Gasteiger partial charge in [0.05, 0.1) is 6.54 Å². The summed E-state index contributed by atoms with van der Waals surface area (Å²) in [5.41, 5.74) is 1.51. The predicted molar refractivity (Wildman–Crippen MR) is 118 cm³/mol. The lowest BCUT2D eigenvalue weighted by atomic mass is 9.85. The number of unbranched alkanes of at least 4 members (excludes halogenated alkanes) is 1. The summed E-state index contributed by atoms with van der Waals surface area (Å²) in [7, 11) is 1.87. The Morgan fingerprint density at radius 1 is 1.17 bits per heavy atom. The zero-order valence-electron chi connectivity index (χ0n) is 17.9. The molecule has 0 aliphatic heterocycles. The molecule has 0 spiro atoms. The van der Waals surface area contributed by atoms with E-state index in [2.05, 4.69) is 41.1 Å². The van der Waals surface area contributed by atoms with Crippen molar-refractivity contribution in [2.24, 2.45) is 13.0 Å². The van der Waals surface area contributed by atoms with E-state index in [1.54, 1.807) is 4.57 Å². The molecule has 1 aliphatic rings. The molecule has 2 heterocycles. The van der Waals surface area contributed by atoms with E-state index in [-0.39, 0.29) is 11.2 Å². The Labute approximate surface area is 176 Å². The smallest absolute Gasteiger partial charge is 0.324 e. The summed E-state index contributed by atoms with van der Waals surface area (Å²) in [6, 6.07) is 10.5.